The van der Waals surface area contributed by atoms with Gasteiger partial charge in [-0.3, -0.25) is 14.9 Å². The predicted octanol–water partition coefficient (Wildman–Crippen LogP) is 3.75. The molecule has 1 N–H and O–H groups in total. The molecule has 1 aliphatic rings. The first-order chi connectivity index (χ1) is 12.1. The lowest BCUT2D eigenvalue weighted by molar-refractivity contribution is -0.119. The van der Waals surface area contributed by atoms with Gasteiger partial charge in [-0.1, -0.05) is 31.3 Å². The molecule has 3 rings (SSSR count). The van der Waals surface area contributed by atoms with Crippen LogP contribution >= 0.6 is 22.7 Å². The van der Waals surface area contributed by atoms with Gasteiger partial charge in [0, 0.05) is 12.5 Å². The fourth-order valence-electron chi connectivity index (χ4n) is 3.10. The molecule has 1 atom stereocenters. The van der Waals surface area contributed by atoms with Gasteiger partial charge in [-0.2, -0.15) is 0 Å². The number of carbonyl (C=O) groups excluding carboxylic acids is 2. The lowest BCUT2D eigenvalue weighted by atomic mass is 10.1. The number of amides is 2. The van der Waals surface area contributed by atoms with Gasteiger partial charge < -0.3 is 4.90 Å². The first kappa shape index (κ1) is 18.0. The molecular formula is C17H22N4O2S2. The standard InChI is InChI=1S/C17H22N4O2S2/c1-3-11(4-2)15-19-20-17(25-15)18-14(22)12-7-5-9-21(12)16(23)13-8-6-10-24-13/h6,8,10-12H,3-5,7,9H2,1-2H3,(H,18,20,22). The number of likely N-dealkylation sites (tertiary alicyclic amines) is 1. The molecule has 0 bridgehead atoms. The molecule has 1 fully saturated rings. The molecule has 2 aromatic rings. The minimum absolute atomic E-state index is 0.0670. The van der Waals surface area contributed by atoms with Crippen LogP contribution in [0.5, 0.6) is 0 Å². The lowest BCUT2D eigenvalue weighted by Crippen LogP contribution is -2.42. The summed E-state index contributed by atoms with van der Waals surface area (Å²) < 4.78 is 0. The average Bonchev–Trinajstić information content (AvgIpc) is 3.36. The van der Waals surface area contributed by atoms with Crippen molar-refractivity contribution < 1.29 is 9.59 Å². The molecule has 0 aliphatic carbocycles. The second-order valence-electron chi connectivity index (χ2n) is 6.08. The van der Waals surface area contributed by atoms with E-state index >= 15 is 0 Å². The van der Waals surface area contributed by atoms with Crippen LogP contribution in [0, 0.1) is 0 Å². The van der Waals surface area contributed by atoms with Gasteiger partial charge in [-0.15, -0.1) is 21.5 Å². The zero-order valence-corrected chi connectivity index (χ0v) is 16.0. The Bertz CT molecular complexity index is 725. The summed E-state index contributed by atoms with van der Waals surface area (Å²) in [6, 6.07) is 3.21. The van der Waals surface area contributed by atoms with E-state index in [1.54, 1.807) is 11.0 Å². The van der Waals surface area contributed by atoms with Gasteiger partial charge in [0.15, 0.2) is 0 Å². The highest BCUT2D eigenvalue weighted by atomic mass is 32.1. The molecule has 3 heterocycles. The number of aromatic nitrogens is 2. The van der Waals surface area contributed by atoms with Crippen molar-refractivity contribution in [3.8, 4) is 0 Å². The van der Waals surface area contributed by atoms with E-state index in [4.69, 9.17) is 0 Å². The van der Waals surface area contributed by atoms with Crippen molar-refractivity contribution in [3.63, 3.8) is 0 Å². The Hall–Kier alpha value is -1.80. The van der Waals surface area contributed by atoms with Crippen LogP contribution in [-0.2, 0) is 4.79 Å². The normalized spacial score (nSPS) is 17.2. The van der Waals surface area contributed by atoms with Crippen LogP contribution in [-0.4, -0.2) is 39.5 Å². The first-order valence-electron chi connectivity index (χ1n) is 8.62. The van der Waals surface area contributed by atoms with Crippen LogP contribution < -0.4 is 5.32 Å². The summed E-state index contributed by atoms with van der Waals surface area (Å²) in [4.78, 5) is 27.6. The third kappa shape index (κ3) is 3.90. The second-order valence-corrected chi connectivity index (χ2v) is 8.04. The molecule has 6 nitrogen and oxygen atoms in total. The highest BCUT2D eigenvalue weighted by Crippen LogP contribution is 2.29. The highest BCUT2D eigenvalue weighted by Gasteiger charge is 2.35. The van der Waals surface area contributed by atoms with Gasteiger partial charge in [-0.05, 0) is 37.1 Å². The number of nitrogens with one attached hydrogen (secondary N) is 1. The fraction of sp³-hybridized carbons (Fsp3) is 0.529. The first-order valence-corrected chi connectivity index (χ1v) is 10.3. The summed E-state index contributed by atoms with van der Waals surface area (Å²) in [5.74, 6) is 0.142. The Morgan fingerprint density at radius 3 is 2.84 bits per heavy atom. The van der Waals surface area contributed by atoms with Gasteiger partial charge in [0.25, 0.3) is 5.91 Å². The maximum Gasteiger partial charge on any atom is 0.264 e. The van der Waals surface area contributed by atoms with Crippen LogP contribution in [0.3, 0.4) is 0 Å². The van der Waals surface area contributed by atoms with E-state index in [1.165, 1.54) is 22.7 Å². The van der Waals surface area contributed by atoms with Crippen molar-refractivity contribution in [2.75, 3.05) is 11.9 Å². The lowest BCUT2D eigenvalue weighted by Gasteiger charge is -2.22. The minimum atomic E-state index is -0.435. The Kier molecular flexibility index (Phi) is 5.80. The molecule has 0 radical (unpaired) electrons. The van der Waals surface area contributed by atoms with E-state index in [0.29, 0.717) is 28.9 Å². The number of hydrogen-bond donors (Lipinski definition) is 1. The van der Waals surface area contributed by atoms with Gasteiger partial charge in [-0.25, -0.2) is 0 Å². The molecule has 2 aromatic heterocycles. The summed E-state index contributed by atoms with van der Waals surface area (Å²) in [6.45, 7) is 4.87. The number of rotatable bonds is 6. The predicted molar refractivity (Wildman–Crippen MR) is 100 cm³/mol. The maximum absolute atomic E-state index is 12.7. The number of nitrogens with zero attached hydrogens (tertiary/aromatic N) is 3. The molecule has 0 saturated carbocycles. The SMILES string of the molecule is CCC(CC)c1nnc(NC(=O)C2CCCN2C(=O)c2cccs2)s1. The summed E-state index contributed by atoms with van der Waals surface area (Å²) in [5.41, 5.74) is 0. The van der Waals surface area contributed by atoms with E-state index in [2.05, 4.69) is 29.4 Å². The van der Waals surface area contributed by atoms with Crippen molar-refractivity contribution in [1.82, 2.24) is 15.1 Å². The molecule has 1 saturated heterocycles. The minimum Gasteiger partial charge on any atom is -0.326 e. The maximum atomic E-state index is 12.7. The quantitative estimate of drug-likeness (QED) is 0.831. The number of carbonyl (C=O) groups is 2. The topological polar surface area (TPSA) is 75.2 Å². The van der Waals surface area contributed by atoms with Crippen molar-refractivity contribution in [2.45, 2.75) is 51.5 Å². The van der Waals surface area contributed by atoms with Crippen LogP contribution in [0.2, 0.25) is 0 Å². The second kappa shape index (κ2) is 8.05. The zero-order valence-electron chi connectivity index (χ0n) is 14.4. The van der Waals surface area contributed by atoms with Crippen molar-refractivity contribution in [1.29, 1.82) is 0 Å². The molecule has 0 spiro atoms. The smallest absolute Gasteiger partial charge is 0.264 e. The van der Waals surface area contributed by atoms with Crippen LogP contribution in [0.15, 0.2) is 17.5 Å². The Balaban J connectivity index is 1.67. The van der Waals surface area contributed by atoms with Crippen molar-refractivity contribution >= 4 is 39.6 Å². The summed E-state index contributed by atoms with van der Waals surface area (Å²) >= 11 is 2.83. The molecular weight excluding hydrogens is 356 g/mol. The Morgan fingerprint density at radius 1 is 1.36 bits per heavy atom. The third-order valence-corrected chi connectivity index (χ3v) is 6.41. The van der Waals surface area contributed by atoms with E-state index in [-0.39, 0.29) is 11.8 Å². The summed E-state index contributed by atoms with van der Waals surface area (Å²) in [6.07, 6.45) is 3.53. The number of anilines is 1. The molecule has 2 amide bonds. The molecule has 0 aromatic carbocycles. The molecule has 8 heteroatoms. The van der Waals surface area contributed by atoms with E-state index in [9.17, 15) is 9.59 Å². The van der Waals surface area contributed by atoms with Gasteiger partial charge in [0.1, 0.15) is 11.0 Å². The van der Waals surface area contributed by atoms with Crippen molar-refractivity contribution in [2.24, 2.45) is 0 Å². The van der Waals surface area contributed by atoms with Gasteiger partial charge in [0.05, 0.1) is 4.88 Å². The molecule has 1 aliphatic heterocycles. The summed E-state index contributed by atoms with van der Waals surface area (Å²) in [5, 5.41) is 14.5. The number of thiophene rings is 1. The zero-order chi connectivity index (χ0) is 17.8. The average molecular weight is 379 g/mol. The Morgan fingerprint density at radius 2 is 2.16 bits per heavy atom. The Labute approximate surface area is 155 Å². The third-order valence-electron chi connectivity index (χ3n) is 4.55. The van der Waals surface area contributed by atoms with Crippen LogP contribution in [0.1, 0.15) is 60.1 Å². The van der Waals surface area contributed by atoms with E-state index < -0.39 is 6.04 Å². The van der Waals surface area contributed by atoms with Gasteiger partial charge in [0.2, 0.25) is 11.0 Å². The molecule has 25 heavy (non-hydrogen) atoms. The number of hydrogen-bond acceptors (Lipinski definition) is 6. The highest BCUT2D eigenvalue weighted by molar-refractivity contribution is 7.15. The van der Waals surface area contributed by atoms with E-state index in [1.807, 2.05) is 11.4 Å². The van der Waals surface area contributed by atoms with Gasteiger partial charge >= 0.3 is 0 Å². The fourth-order valence-corrected chi connectivity index (χ4v) is 4.79. The van der Waals surface area contributed by atoms with E-state index in [0.717, 1.165) is 24.3 Å². The van der Waals surface area contributed by atoms with Crippen LogP contribution in [0.25, 0.3) is 0 Å². The monoisotopic (exact) mass is 378 g/mol. The summed E-state index contributed by atoms with van der Waals surface area (Å²) in [7, 11) is 0. The van der Waals surface area contributed by atoms with Crippen LogP contribution in [0.4, 0.5) is 5.13 Å². The van der Waals surface area contributed by atoms with Crippen molar-refractivity contribution in [3.05, 3.63) is 27.4 Å². The molecule has 134 valence electrons. The largest absolute Gasteiger partial charge is 0.326 e. The molecule has 1 unspecified atom stereocenters.